The molecular weight excluding hydrogens is 372 g/mol. The molecule has 2 aromatic carbocycles. The first-order valence-corrected chi connectivity index (χ1v) is 9.19. The second-order valence-electron chi connectivity index (χ2n) is 6.37. The number of rotatable bonds is 5. The quantitative estimate of drug-likeness (QED) is 0.649. The van der Waals surface area contributed by atoms with E-state index in [1.807, 2.05) is 54.6 Å². The average Bonchev–Trinajstić information content (AvgIpc) is 3.15. The van der Waals surface area contributed by atoms with Crippen molar-refractivity contribution in [1.29, 1.82) is 0 Å². The number of fused-ring (bicyclic) bond motifs is 1. The number of carbonyl (C=O) groups excluding carboxylic acids is 2. The molecule has 1 aliphatic heterocycles. The zero-order chi connectivity index (χ0) is 20.4. The summed E-state index contributed by atoms with van der Waals surface area (Å²) in [6.07, 6.45) is -0.515. The standard InChI is InChI=1S/C21H20N4O4/c1-3-29-21(27)17-16-19(25(24-17)14-9-5-4-6-10-14)22-18(23-20(16)26)13-8-7-11-15(12-13)28-2/h4-12,18,22H,3H2,1-2H3,(H,23,26). The average molecular weight is 392 g/mol. The van der Waals surface area contributed by atoms with E-state index in [2.05, 4.69) is 15.7 Å². The Labute approximate surface area is 167 Å². The summed E-state index contributed by atoms with van der Waals surface area (Å²) in [5, 5.41) is 10.5. The molecule has 2 N–H and O–H groups in total. The predicted molar refractivity (Wildman–Crippen MR) is 106 cm³/mol. The second kappa shape index (κ2) is 7.67. The van der Waals surface area contributed by atoms with Gasteiger partial charge in [0.1, 0.15) is 23.3 Å². The minimum absolute atomic E-state index is 0.0280. The number of methoxy groups -OCH3 is 1. The molecule has 2 heterocycles. The lowest BCUT2D eigenvalue weighted by Crippen LogP contribution is -2.39. The Morgan fingerprint density at radius 2 is 1.93 bits per heavy atom. The number of benzene rings is 2. The molecule has 0 saturated carbocycles. The number of aromatic nitrogens is 2. The number of ether oxygens (including phenoxy) is 2. The number of hydrogen-bond donors (Lipinski definition) is 2. The summed E-state index contributed by atoms with van der Waals surface area (Å²) in [6.45, 7) is 1.89. The van der Waals surface area contributed by atoms with Crippen LogP contribution in [0.1, 0.15) is 39.5 Å². The number of esters is 1. The third kappa shape index (κ3) is 3.40. The zero-order valence-electron chi connectivity index (χ0n) is 16.0. The smallest absolute Gasteiger partial charge is 0.359 e. The molecule has 29 heavy (non-hydrogen) atoms. The first-order chi connectivity index (χ1) is 14.1. The lowest BCUT2D eigenvalue weighted by Gasteiger charge is -2.27. The van der Waals surface area contributed by atoms with E-state index < -0.39 is 18.0 Å². The van der Waals surface area contributed by atoms with E-state index in [1.54, 1.807) is 18.7 Å². The first kappa shape index (κ1) is 18.5. The first-order valence-electron chi connectivity index (χ1n) is 9.19. The Morgan fingerprint density at radius 3 is 2.66 bits per heavy atom. The largest absolute Gasteiger partial charge is 0.497 e. The zero-order valence-corrected chi connectivity index (χ0v) is 16.0. The van der Waals surface area contributed by atoms with Gasteiger partial charge in [-0.1, -0.05) is 30.3 Å². The number of carbonyl (C=O) groups is 2. The molecule has 0 saturated heterocycles. The highest BCUT2D eigenvalue weighted by Crippen LogP contribution is 2.32. The van der Waals surface area contributed by atoms with E-state index in [1.165, 1.54) is 0 Å². The molecular formula is C21H20N4O4. The van der Waals surface area contributed by atoms with Crippen LogP contribution in [0.4, 0.5) is 5.82 Å². The molecule has 1 atom stereocenters. The number of amides is 1. The van der Waals surface area contributed by atoms with Crippen LogP contribution in [0.5, 0.6) is 5.75 Å². The van der Waals surface area contributed by atoms with Crippen molar-refractivity contribution in [3.05, 3.63) is 71.4 Å². The molecule has 1 aliphatic rings. The van der Waals surface area contributed by atoms with Crippen LogP contribution in [-0.4, -0.2) is 35.4 Å². The third-order valence-electron chi connectivity index (χ3n) is 4.57. The summed E-state index contributed by atoms with van der Waals surface area (Å²) >= 11 is 0. The Balaban J connectivity index is 1.82. The fourth-order valence-electron chi connectivity index (χ4n) is 3.23. The minimum Gasteiger partial charge on any atom is -0.497 e. The highest BCUT2D eigenvalue weighted by Gasteiger charge is 2.35. The number of nitrogens with zero attached hydrogens (tertiary/aromatic N) is 2. The van der Waals surface area contributed by atoms with E-state index in [0.29, 0.717) is 17.3 Å². The highest BCUT2D eigenvalue weighted by molar-refractivity contribution is 6.09. The third-order valence-corrected chi connectivity index (χ3v) is 4.57. The van der Waals surface area contributed by atoms with Gasteiger partial charge in [0.2, 0.25) is 0 Å². The maximum Gasteiger partial charge on any atom is 0.359 e. The maximum atomic E-state index is 13.0. The fraction of sp³-hybridized carbons (Fsp3) is 0.190. The molecule has 0 radical (unpaired) electrons. The van der Waals surface area contributed by atoms with Gasteiger partial charge in [-0.15, -0.1) is 0 Å². The van der Waals surface area contributed by atoms with Gasteiger partial charge in [0.25, 0.3) is 5.91 Å². The van der Waals surface area contributed by atoms with Gasteiger partial charge in [0.15, 0.2) is 5.69 Å². The molecule has 0 bridgehead atoms. The van der Waals surface area contributed by atoms with Crippen molar-refractivity contribution >= 4 is 17.7 Å². The molecule has 0 fully saturated rings. The van der Waals surface area contributed by atoms with Gasteiger partial charge >= 0.3 is 5.97 Å². The number of nitrogens with one attached hydrogen (secondary N) is 2. The minimum atomic E-state index is -0.643. The topological polar surface area (TPSA) is 94.5 Å². The number of para-hydroxylation sites is 1. The summed E-state index contributed by atoms with van der Waals surface area (Å²) in [4.78, 5) is 25.4. The van der Waals surface area contributed by atoms with Crippen molar-refractivity contribution in [3.8, 4) is 11.4 Å². The van der Waals surface area contributed by atoms with Crippen LogP contribution in [0, 0.1) is 0 Å². The van der Waals surface area contributed by atoms with E-state index in [9.17, 15) is 9.59 Å². The summed E-state index contributed by atoms with van der Waals surface area (Å²) < 4.78 is 11.9. The molecule has 1 unspecified atom stereocenters. The SMILES string of the molecule is CCOC(=O)c1nn(-c2ccccc2)c2c1C(=O)NC(c1cccc(OC)c1)N2. The molecule has 0 aliphatic carbocycles. The number of anilines is 1. The van der Waals surface area contributed by atoms with Crippen LogP contribution in [-0.2, 0) is 4.74 Å². The molecule has 8 nitrogen and oxygen atoms in total. The predicted octanol–water partition coefficient (Wildman–Crippen LogP) is 2.91. The van der Waals surface area contributed by atoms with Crippen LogP contribution < -0.4 is 15.4 Å². The van der Waals surface area contributed by atoms with Crippen molar-refractivity contribution in [2.75, 3.05) is 19.0 Å². The highest BCUT2D eigenvalue weighted by atomic mass is 16.5. The summed E-state index contributed by atoms with van der Waals surface area (Å²) in [6, 6.07) is 16.7. The molecule has 8 heteroatoms. The van der Waals surface area contributed by atoms with Crippen molar-refractivity contribution in [2.45, 2.75) is 13.1 Å². The summed E-state index contributed by atoms with van der Waals surface area (Å²) in [5.74, 6) is 0.0518. The van der Waals surface area contributed by atoms with Gasteiger partial charge in [0.05, 0.1) is 19.4 Å². The Kier molecular flexibility index (Phi) is 4.90. The molecule has 4 rings (SSSR count). The van der Waals surface area contributed by atoms with Gasteiger partial charge in [-0.05, 0) is 36.8 Å². The van der Waals surface area contributed by atoms with Crippen LogP contribution in [0.2, 0.25) is 0 Å². The Bertz CT molecular complexity index is 1060. The van der Waals surface area contributed by atoms with E-state index in [4.69, 9.17) is 9.47 Å². The Hall–Kier alpha value is -3.81. The molecule has 1 amide bonds. The van der Waals surface area contributed by atoms with Crippen molar-refractivity contribution in [2.24, 2.45) is 0 Å². The van der Waals surface area contributed by atoms with Crippen molar-refractivity contribution in [1.82, 2.24) is 15.1 Å². The van der Waals surface area contributed by atoms with Gasteiger partial charge in [-0.25, -0.2) is 9.48 Å². The monoisotopic (exact) mass is 392 g/mol. The lowest BCUT2D eigenvalue weighted by molar-refractivity contribution is 0.0515. The van der Waals surface area contributed by atoms with Gasteiger partial charge in [0, 0.05) is 0 Å². The molecule has 148 valence electrons. The van der Waals surface area contributed by atoms with Crippen LogP contribution in [0.15, 0.2) is 54.6 Å². The lowest BCUT2D eigenvalue weighted by atomic mass is 10.1. The normalized spacial score (nSPS) is 15.1. The van der Waals surface area contributed by atoms with Crippen LogP contribution in [0.25, 0.3) is 5.69 Å². The summed E-state index contributed by atoms with van der Waals surface area (Å²) in [7, 11) is 1.58. The molecule has 0 spiro atoms. The second-order valence-corrected chi connectivity index (χ2v) is 6.37. The van der Waals surface area contributed by atoms with Crippen LogP contribution in [0.3, 0.4) is 0 Å². The van der Waals surface area contributed by atoms with Gasteiger partial charge < -0.3 is 20.1 Å². The van der Waals surface area contributed by atoms with E-state index in [0.717, 1.165) is 5.56 Å². The maximum absolute atomic E-state index is 13.0. The van der Waals surface area contributed by atoms with Gasteiger partial charge in [-0.2, -0.15) is 5.10 Å². The van der Waals surface area contributed by atoms with E-state index in [-0.39, 0.29) is 17.9 Å². The van der Waals surface area contributed by atoms with Crippen molar-refractivity contribution in [3.63, 3.8) is 0 Å². The van der Waals surface area contributed by atoms with Gasteiger partial charge in [-0.3, -0.25) is 4.79 Å². The Morgan fingerprint density at radius 1 is 1.14 bits per heavy atom. The van der Waals surface area contributed by atoms with Crippen LogP contribution >= 0.6 is 0 Å². The molecule has 3 aromatic rings. The number of hydrogen-bond acceptors (Lipinski definition) is 6. The van der Waals surface area contributed by atoms with E-state index >= 15 is 0 Å². The summed E-state index contributed by atoms with van der Waals surface area (Å²) in [5.41, 5.74) is 1.65. The molecule has 1 aromatic heterocycles. The fourth-order valence-corrected chi connectivity index (χ4v) is 3.23. The van der Waals surface area contributed by atoms with Crippen molar-refractivity contribution < 1.29 is 19.1 Å².